The van der Waals surface area contributed by atoms with Gasteiger partial charge in [-0.05, 0) is 18.6 Å². The number of rotatable bonds is 5. The van der Waals surface area contributed by atoms with E-state index in [2.05, 4.69) is 22.9 Å². The Morgan fingerprint density at radius 3 is 3.00 bits per heavy atom. The van der Waals surface area contributed by atoms with Crippen LogP contribution in [0.25, 0.3) is 0 Å². The minimum Gasteiger partial charge on any atom is -0.436 e. The molecule has 1 aromatic heterocycles. The van der Waals surface area contributed by atoms with Gasteiger partial charge in [0.2, 0.25) is 5.88 Å². The summed E-state index contributed by atoms with van der Waals surface area (Å²) in [5.74, 6) is 7.12. The van der Waals surface area contributed by atoms with Crippen LogP contribution in [0.4, 0.5) is 10.1 Å². The lowest BCUT2D eigenvalue weighted by Gasteiger charge is -2.09. The monoisotopic (exact) mass is 247 g/mol. The van der Waals surface area contributed by atoms with Crippen LogP contribution in [0.15, 0.2) is 36.5 Å². The van der Waals surface area contributed by atoms with Crippen molar-refractivity contribution in [1.82, 2.24) is 4.98 Å². The third kappa shape index (κ3) is 3.34. The highest BCUT2D eigenvalue weighted by atomic mass is 19.1. The van der Waals surface area contributed by atoms with Crippen molar-refractivity contribution in [3.8, 4) is 18.2 Å². The van der Waals surface area contributed by atoms with Gasteiger partial charge in [-0.2, -0.15) is 0 Å². The molecule has 0 amide bonds. The maximum atomic E-state index is 13.5. The van der Waals surface area contributed by atoms with Crippen molar-refractivity contribution < 1.29 is 9.13 Å². The van der Waals surface area contributed by atoms with E-state index in [4.69, 9.17) is 17.0 Å². The van der Waals surface area contributed by atoms with E-state index in [9.17, 15) is 4.39 Å². The van der Waals surface area contributed by atoms with Crippen LogP contribution in [0.5, 0.6) is 5.88 Å². The fraction of sp³-hybridized carbons (Fsp3) is 0.154. The summed E-state index contributed by atoms with van der Waals surface area (Å²) in [5.41, 5.74) is 3.97. The molecule has 3 N–H and O–H groups in total. The number of hydrogen-bond donors (Lipinski definition) is 2. The van der Waals surface area contributed by atoms with E-state index in [-0.39, 0.29) is 18.1 Å². The first-order valence-corrected chi connectivity index (χ1v) is 5.18. The molecular weight excluding hydrogens is 233 g/mol. The second kappa shape index (κ2) is 6.42. The number of anilines is 1. The minimum atomic E-state index is -0.562. The summed E-state index contributed by atoms with van der Waals surface area (Å²) in [5, 5.41) is 0. The summed E-state index contributed by atoms with van der Waals surface area (Å²) in [6, 6.07) is 1.63. The van der Waals surface area contributed by atoms with Gasteiger partial charge in [-0.1, -0.05) is 12.5 Å². The Balaban J connectivity index is 2.97. The summed E-state index contributed by atoms with van der Waals surface area (Å²) < 4.78 is 18.8. The van der Waals surface area contributed by atoms with Gasteiger partial charge in [0.25, 0.3) is 0 Å². The third-order valence-electron chi connectivity index (χ3n) is 2.17. The Hall–Kier alpha value is -2.32. The average molecular weight is 247 g/mol. The second-order valence-electron chi connectivity index (χ2n) is 3.44. The van der Waals surface area contributed by atoms with Gasteiger partial charge >= 0.3 is 0 Å². The number of aromatic nitrogens is 1. The number of ether oxygens (including phenoxy) is 1. The van der Waals surface area contributed by atoms with Gasteiger partial charge in [-0.3, -0.25) is 5.84 Å². The molecule has 0 radical (unpaired) electrons. The quantitative estimate of drug-likeness (QED) is 0.276. The Morgan fingerprint density at radius 1 is 1.78 bits per heavy atom. The van der Waals surface area contributed by atoms with E-state index in [0.29, 0.717) is 5.69 Å². The molecule has 0 saturated carbocycles. The largest absolute Gasteiger partial charge is 0.436 e. The number of allylic oxidation sites excluding steroid dienone is 2. The Morgan fingerprint density at radius 2 is 2.50 bits per heavy atom. The van der Waals surface area contributed by atoms with E-state index in [1.165, 1.54) is 12.3 Å². The molecule has 0 aromatic carbocycles. The van der Waals surface area contributed by atoms with E-state index in [1.807, 2.05) is 6.92 Å². The second-order valence-corrected chi connectivity index (χ2v) is 3.44. The number of pyridine rings is 1. The van der Waals surface area contributed by atoms with Gasteiger partial charge in [0.05, 0.1) is 18.3 Å². The smallest absolute Gasteiger partial charge is 0.219 e. The molecule has 1 heterocycles. The van der Waals surface area contributed by atoms with Crippen LogP contribution in [-0.4, -0.2) is 4.98 Å². The highest BCUT2D eigenvalue weighted by Crippen LogP contribution is 2.21. The number of nitrogens with two attached hydrogens (primary N) is 1. The van der Waals surface area contributed by atoms with E-state index >= 15 is 0 Å². The van der Waals surface area contributed by atoms with Crippen molar-refractivity contribution in [3.05, 3.63) is 42.1 Å². The summed E-state index contributed by atoms with van der Waals surface area (Å²) in [4.78, 5) is 3.98. The van der Waals surface area contributed by atoms with E-state index in [1.54, 1.807) is 6.07 Å². The normalized spacial score (nSPS) is 11.2. The van der Waals surface area contributed by atoms with Crippen LogP contribution in [0.1, 0.15) is 12.0 Å². The molecule has 0 aliphatic heterocycles. The fourth-order valence-electron chi connectivity index (χ4n) is 1.23. The van der Waals surface area contributed by atoms with Crippen LogP contribution in [0.3, 0.4) is 0 Å². The molecule has 0 aliphatic carbocycles. The molecular formula is C13H14FN3O. The first kappa shape index (κ1) is 13.7. The number of hydrogen-bond acceptors (Lipinski definition) is 4. The summed E-state index contributed by atoms with van der Waals surface area (Å²) >= 11 is 0. The van der Waals surface area contributed by atoms with Gasteiger partial charge in [-0.25, -0.2) is 9.37 Å². The molecule has 0 spiro atoms. The summed E-state index contributed by atoms with van der Waals surface area (Å²) in [7, 11) is 0. The number of halogens is 1. The first-order chi connectivity index (χ1) is 8.62. The number of nitrogen functional groups attached to an aromatic ring is 1. The molecule has 0 unspecified atom stereocenters. The topological polar surface area (TPSA) is 60.2 Å². The number of hydrazine groups is 1. The van der Waals surface area contributed by atoms with Crippen molar-refractivity contribution in [3.63, 3.8) is 0 Å². The molecule has 94 valence electrons. The SMILES string of the molecule is C#CC/C(F)=C(\C=C)Oc1cc(C)c(NN)cn1. The van der Waals surface area contributed by atoms with Crippen molar-refractivity contribution in [2.75, 3.05) is 5.43 Å². The summed E-state index contributed by atoms with van der Waals surface area (Å²) in [6.45, 7) is 5.28. The highest BCUT2D eigenvalue weighted by molar-refractivity contribution is 5.49. The molecule has 0 bridgehead atoms. The highest BCUT2D eigenvalue weighted by Gasteiger charge is 2.07. The molecule has 18 heavy (non-hydrogen) atoms. The van der Waals surface area contributed by atoms with Crippen molar-refractivity contribution >= 4 is 5.69 Å². The van der Waals surface area contributed by atoms with Crippen molar-refractivity contribution in [1.29, 1.82) is 0 Å². The van der Waals surface area contributed by atoms with Gasteiger partial charge in [0.15, 0.2) is 11.6 Å². The van der Waals surface area contributed by atoms with Gasteiger partial charge in [0.1, 0.15) is 0 Å². The Bertz CT molecular complexity index is 517. The zero-order chi connectivity index (χ0) is 13.5. The molecule has 5 heteroatoms. The first-order valence-electron chi connectivity index (χ1n) is 5.18. The zero-order valence-electron chi connectivity index (χ0n) is 10.0. The fourth-order valence-corrected chi connectivity index (χ4v) is 1.23. The lowest BCUT2D eigenvalue weighted by molar-refractivity contribution is 0.396. The Kier molecular flexibility index (Phi) is 4.90. The van der Waals surface area contributed by atoms with Gasteiger partial charge < -0.3 is 10.2 Å². The predicted molar refractivity (Wildman–Crippen MR) is 69.2 cm³/mol. The number of terminal acetylenes is 1. The molecule has 0 aliphatic rings. The average Bonchev–Trinajstić information content (AvgIpc) is 2.36. The molecule has 0 saturated heterocycles. The standard InChI is InChI=1S/C13H14FN3O/c1-4-6-10(14)12(5-2)18-13-7-9(3)11(17-15)8-16-13/h1,5,7-8,17H,2,6,15H2,3H3/b12-10-. The maximum Gasteiger partial charge on any atom is 0.219 e. The van der Waals surface area contributed by atoms with Crippen molar-refractivity contribution in [2.24, 2.45) is 5.84 Å². The number of nitrogens with zero attached hydrogens (tertiary/aromatic N) is 1. The molecule has 1 rings (SSSR count). The number of aryl methyl sites for hydroxylation is 1. The molecule has 0 fully saturated rings. The van der Waals surface area contributed by atoms with Crippen LogP contribution >= 0.6 is 0 Å². The van der Waals surface area contributed by atoms with E-state index < -0.39 is 5.83 Å². The van der Waals surface area contributed by atoms with Crippen LogP contribution in [0, 0.1) is 19.3 Å². The maximum absolute atomic E-state index is 13.5. The third-order valence-corrected chi connectivity index (χ3v) is 2.17. The zero-order valence-corrected chi connectivity index (χ0v) is 10.0. The molecule has 1 aromatic rings. The summed E-state index contributed by atoms with van der Waals surface area (Å²) in [6.07, 6.45) is 7.61. The van der Waals surface area contributed by atoms with Crippen molar-refractivity contribution in [2.45, 2.75) is 13.3 Å². The molecule has 0 atom stereocenters. The lowest BCUT2D eigenvalue weighted by atomic mass is 10.2. The van der Waals surface area contributed by atoms with E-state index in [0.717, 1.165) is 5.56 Å². The number of nitrogens with one attached hydrogen (secondary N) is 1. The lowest BCUT2D eigenvalue weighted by Crippen LogP contribution is -2.09. The minimum absolute atomic E-state index is 0.0340. The Labute approximate surface area is 105 Å². The van der Waals surface area contributed by atoms with Gasteiger partial charge in [0, 0.05) is 6.07 Å². The van der Waals surface area contributed by atoms with Crippen LogP contribution < -0.4 is 16.0 Å². The predicted octanol–water partition coefficient (Wildman–Crippen LogP) is 2.44. The van der Waals surface area contributed by atoms with Crippen LogP contribution in [-0.2, 0) is 0 Å². The van der Waals surface area contributed by atoms with Crippen LogP contribution in [0.2, 0.25) is 0 Å². The molecule has 4 nitrogen and oxygen atoms in total. The van der Waals surface area contributed by atoms with Gasteiger partial charge in [-0.15, -0.1) is 6.42 Å².